The van der Waals surface area contributed by atoms with Crippen molar-refractivity contribution in [2.75, 3.05) is 5.32 Å². The molecule has 7 heteroatoms. The predicted molar refractivity (Wildman–Crippen MR) is 94.7 cm³/mol. The van der Waals surface area contributed by atoms with Gasteiger partial charge in [0.15, 0.2) is 11.5 Å². The second kappa shape index (κ2) is 5.41. The number of hydrogen-bond donors (Lipinski definition) is 1. The summed E-state index contributed by atoms with van der Waals surface area (Å²) in [4.78, 5) is 8.83. The SMILES string of the molecule is Cc1cccc(-n2nc(NC3CC3)cc2-c2ccc3ncnn3c2)n1. The van der Waals surface area contributed by atoms with Gasteiger partial charge in [-0.1, -0.05) is 6.07 Å². The highest BCUT2D eigenvalue weighted by Crippen LogP contribution is 2.29. The first-order valence-corrected chi connectivity index (χ1v) is 8.37. The van der Waals surface area contributed by atoms with E-state index in [1.807, 2.05) is 48.1 Å². The molecule has 1 aliphatic carbocycles. The summed E-state index contributed by atoms with van der Waals surface area (Å²) in [6.07, 6.45) is 5.93. The van der Waals surface area contributed by atoms with Crippen LogP contribution in [0.15, 0.2) is 48.9 Å². The van der Waals surface area contributed by atoms with Crippen LogP contribution in [0.1, 0.15) is 18.5 Å². The summed E-state index contributed by atoms with van der Waals surface area (Å²) in [5, 5.41) is 12.4. The minimum atomic E-state index is 0.541. The molecule has 1 aliphatic rings. The summed E-state index contributed by atoms with van der Waals surface area (Å²) in [5.41, 5.74) is 3.76. The molecule has 25 heavy (non-hydrogen) atoms. The van der Waals surface area contributed by atoms with E-state index in [1.165, 1.54) is 12.8 Å². The average Bonchev–Trinajstić information content (AvgIpc) is 3.14. The lowest BCUT2D eigenvalue weighted by molar-refractivity contribution is 0.844. The third-order valence-corrected chi connectivity index (χ3v) is 4.30. The fourth-order valence-electron chi connectivity index (χ4n) is 2.88. The highest BCUT2D eigenvalue weighted by molar-refractivity contribution is 5.66. The van der Waals surface area contributed by atoms with E-state index in [0.717, 1.165) is 34.2 Å². The zero-order chi connectivity index (χ0) is 16.8. The van der Waals surface area contributed by atoms with Gasteiger partial charge in [0.1, 0.15) is 12.1 Å². The number of pyridine rings is 2. The van der Waals surface area contributed by atoms with E-state index in [2.05, 4.69) is 26.4 Å². The minimum Gasteiger partial charge on any atom is -0.366 e. The molecule has 0 aromatic carbocycles. The molecule has 4 aromatic heterocycles. The standard InChI is InChI=1S/C18H17N7/c1-12-3-2-4-18(21-12)25-15(9-16(23-25)22-14-6-7-14)13-5-8-17-19-11-20-24(17)10-13/h2-5,8-11,14H,6-7H2,1H3,(H,22,23). The predicted octanol–water partition coefficient (Wildman–Crippen LogP) is 2.86. The van der Waals surface area contributed by atoms with Crippen molar-refractivity contribution in [2.24, 2.45) is 0 Å². The Kier molecular flexibility index (Phi) is 3.06. The molecule has 1 saturated carbocycles. The summed E-state index contributed by atoms with van der Waals surface area (Å²) < 4.78 is 3.65. The molecule has 7 nitrogen and oxygen atoms in total. The lowest BCUT2D eigenvalue weighted by Gasteiger charge is -2.07. The Morgan fingerprint density at radius 3 is 2.92 bits per heavy atom. The van der Waals surface area contributed by atoms with Crippen molar-refractivity contribution in [3.05, 3.63) is 54.6 Å². The van der Waals surface area contributed by atoms with Crippen LogP contribution in [-0.4, -0.2) is 35.4 Å². The lowest BCUT2D eigenvalue weighted by atomic mass is 10.2. The molecule has 5 rings (SSSR count). The van der Waals surface area contributed by atoms with Crippen LogP contribution in [-0.2, 0) is 0 Å². The van der Waals surface area contributed by atoms with Crippen LogP contribution in [0.2, 0.25) is 0 Å². The number of aromatic nitrogens is 6. The van der Waals surface area contributed by atoms with E-state index < -0.39 is 0 Å². The molecule has 4 heterocycles. The van der Waals surface area contributed by atoms with E-state index in [0.29, 0.717) is 6.04 Å². The van der Waals surface area contributed by atoms with Crippen molar-refractivity contribution in [2.45, 2.75) is 25.8 Å². The first-order chi connectivity index (χ1) is 12.3. The average molecular weight is 331 g/mol. The summed E-state index contributed by atoms with van der Waals surface area (Å²) in [7, 11) is 0. The van der Waals surface area contributed by atoms with Gasteiger partial charge < -0.3 is 5.32 Å². The molecule has 4 aromatic rings. The van der Waals surface area contributed by atoms with Crippen LogP contribution in [0.3, 0.4) is 0 Å². The summed E-state index contributed by atoms with van der Waals surface area (Å²) >= 11 is 0. The molecule has 1 N–H and O–H groups in total. The molecule has 124 valence electrons. The Morgan fingerprint density at radius 2 is 2.08 bits per heavy atom. The van der Waals surface area contributed by atoms with Crippen molar-refractivity contribution in [3.8, 4) is 17.1 Å². The molecule has 0 atom stereocenters. The third kappa shape index (κ3) is 2.63. The van der Waals surface area contributed by atoms with Crippen LogP contribution < -0.4 is 5.32 Å². The van der Waals surface area contributed by atoms with E-state index in [4.69, 9.17) is 5.10 Å². The fraction of sp³-hybridized carbons (Fsp3) is 0.222. The van der Waals surface area contributed by atoms with Crippen molar-refractivity contribution in [1.29, 1.82) is 0 Å². The Bertz CT molecular complexity index is 1060. The van der Waals surface area contributed by atoms with Crippen LogP contribution in [0.5, 0.6) is 0 Å². The molecule has 0 radical (unpaired) electrons. The van der Waals surface area contributed by atoms with E-state index in [-0.39, 0.29) is 0 Å². The van der Waals surface area contributed by atoms with Gasteiger partial charge in [0.25, 0.3) is 0 Å². The Morgan fingerprint density at radius 1 is 1.16 bits per heavy atom. The first kappa shape index (κ1) is 14.2. The molecule has 0 aliphatic heterocycles. The summed E-state index contributed by atoms with van der Waals surface area (Å²) in [5.74, 6) is 1.68. The topological polar surface area (TPSA) is 72.9 Å². The molecule has 0 unspecified atom stereocenters. The third-order valence-electron chi connectivity index (χ3n) is 4.30. The van der Waals surface area contributed by atoms with Crippen LogP contribution in [0, 0.1) is 6.92 Å². The molecule has 0 spiro atoms. The quantitative estimate of drug-likeness (QED) is 0.622. The maximum absolute atomic E-state index is 4.74. The Labute approximate surface area is 144 Å². The lowest BCUT2D eigenvalue weighted by Crippen LogP contribution is -2.05. The largest absolute Gasteiger partial charge is 0.366 e. The van der Waals surface area contributed by atoms with Gasteiger partial charge in [-0.25, -0.2) is 19.2 Å². The van der Waals surface area contributed by atoms with Crippen molar-refractivity contribution < 1.29 is 0 Å². The van der Waals surface area contributed by atoms with Gasteiger partial charge in [-0.3, -0.25) is 0 Å². The van der Waals surface area contributed by atoms with Crippen LogP contribution in [0.4, 0.5) is 5.82 Å². The van der Waals surface area contributed by atoms with Gasteiger partial charge in [0.2, 0.25) is 0 Å². The number of nitrogens with one attached hydrogen (secondary N) is 1. The second-order valence-electron chi connectivity index (χ2n) is 6.36. The second-order valence-corrected chi connectivity index (χ2v) is 6.36. The number of aryl methyl sites for hydroxylation is 1. The Balaban J connectivity index is 1.66. The minimum absolute atomic E-state index is 0.541. The van der Waals surface area contributed by atoms with Gasteiger partial charge >= 0.3 is 0 Å². The van der Waals surface area contributed by atoms with Gasteiger partial charge in [0.05, 0.1) is 5.69 Å². The van der Waals surface area contributed by atoms with Gasteiger partial charge in [-0.05, 0) is 44.0 Å². The van der Waals surface area contributed by atoms with Crippen LogP contribution >= 0.6 is 0 Å². The van der Waals surface area contributed by atoms with E-state index in [9.17, 15) is 0 Å². The molecule has 0 saturated heterocycles. The summed E-state index contributed by atoms with van der Waals surface area (Å²) in [6.45, 7) is 1.98. The zero-order valence-electron chi connectivity index (χ0n) is 13.8. The summed E-state index contributed by atoms with van der Waals surface area (Å²) in [6, 6.07) is 12.6. The van der Waals surface area contributed by atoms with Gasteiger partial charge in [-0.15, -0.1) is 5.10 Å². The number of hydrogen-bond acceptors (Lipinski definition) is 5. The van der Waals surface area contributed by atoms with Crippen LogP contribution in [0.25, 0.3) is 22.7 Å². The highest BCUT2D eigenvalue weighted by Gasteiger charge is 2.23. The number of fused-ring (bicyclic) bond motifs is 1. The van der Waals surface area contributed by atoms with Crippen molar-refractivity contribution in [1.82, 2.24) is 29.4 Å². The van der Waals surface area contributed by atoms with Crippen molar-refractivity contribution in [3.63, 3.8) is 0 Å². The molecule has 0 amide bonds. The Hall–Kier alpha value is -3.22. The van der Waals surface area contributed by atoms with Crippen molar-refractivity contribution >= 4 is 11.5 Å². The maximum Gasteiger partial charge on any atom is 0.155 e. The maximum atomic E-state index is 4.74. The first-order valence-electron chi connectivity index (χ1n) is 8.37. The normalized spacial score (nSPS) is 14.1. The van der Waals surface area contributed by atoms with E-state index >= 15 is 0 Å². The zero-order valence-corrected chi connectivity index (χ0v) is 13.8. The molecule has 1 fully saturated rings. The molecular formula is C18H17N7. The molecule has 0 bridgehead atoms. The number of rotatable bonds is 4. The van der Waals surface area contributed by atoms with Gasteiger partial charge in [-0.2, -0.15) is 5.10 Å². The smallest absolute Gasteiger partial charge is 0.155 e. The fourth-order valence-corrected chi connectivity index (χ4v) is 2.88. The van der Waals surface area contributed by atoms with E-state index in [1.54, 1.807) is 10.8 Å². The number of nitrogens with zero attached hydrogens (tertiary/aromatic N) is 6. The number of anilines is 1. The molecular weight excluding hydrogens is 314 g/mol. The highest BCUT2D eigenvalue weighted by atomic mass is 15.4. The van der Waals surface area contributed by atoms with Gasteiger partial charge in [0, 0.05) is 29.6 Å². The monoisotopic (exact) mass is 331 g/mol.